The van der Waals surface area contributed by atoms with E-state index in [-0.39, 0.29) is 5.89 Å². The lowest BCUT2D eigenvalue weighted by atomic mass is 10.3. The average Bonchev–Trinajstić information content (AvgIpc) is 2.34. The fraction of sp³-hybridized carbons (Fsp3) is 0.286. The van der Waals surface area contributed by atoms with Gasteiger partial charge in [-0.15, -0.1) is 6.42 Å². The van der Waals surface area contributed by atoms with Crippen LogP contribution in [0, 0.1) is 12.3 Å². The average molecular weight is 137 g/mol. The highest BCUT2D eigenvalue weighted by atomic mass is 16.3. The molecule has 0 aliphatic carbocycles. The van der Waals surface area contributed by atoms with Gasteiger partial charge >= 0.3 is 0 Å². The maximum Gasteiger partial charge on any atom is 0.273 e. The molecule has 52 valence electrons. The second kappa shape index (κ2) is 2.54. The largest absolute Gasteiger partial charge is 0.438 e. The zero-order valence-electron chi connectivity index (χ0n) is 5.53. The molecule has 1 unspecified atom stereocenters. The summed E-state index contributed by atoms with van der Waals surface area (Å²) < 4.78 is 4.77. The van der Waals surface area contributed by atoms with E-state index in [0.717, 1.165) is 0 Å². The minimum Gasteiger partial charge on any atom is -0.438 e. The zero-order chi connectivity index (χ0) is 7.56. The van der Waals surface area contributed by atoms with E-state index in [1.807, 2.05) is 0 Å². The van der Waals surface area contributed by atoms with Gasteiger partial charge in [-0.2, -0.15) is 0 Å². The number of aliphatic hydroxyl groups excluding tert-OH is 1. The quantitative estimate of drug-likeness (QED) is 0.580. The molecule has 0 radical (unpaired) electrons. The molecule has 1 rings (SSSR count). The fourth-order valence-corrected chi connectivity index (χ4v) is 0.544. The third kappa shape index (κ3) is 1.17. The molecule has 1 N–H and O–H groups in total. The summed E-state index contributed by atoms with van der Waals surface area (Å²) in [4.78, 5) is 3.78. The van der Waals surface area contributed by atoms with Gasteiger partial charge in [-0.3, -0.25) is 0 Å². The van der Waals surface area contributed by atoms with Gasteiger partial charge in [0.2, 0.25) is 0 Å². The Morgan fingerprint density at radius 2 is 2.60 bits per heavy atom. The SMILES string of the molecule is C#Cc1nc(C(C)O)co1. The van der Waals surface area contributed by atoms with Crippen LogP contribution in [0.4, 0.5) is 0 Å². The number of aromatic nitrogens is 1. The van der Waals surface area contributed by atoms with Gasteiger partial charge in [-0.25, -0.2) is 4.98 Å². The summed E-state index contributed by atoms with van der Waals surface area (Å²) >= 11 is 0. The van der Waals surface area contributed by atoms with E-state index in [1.54, 1.807) is 6.92 Å². The molecule has 1 aromatic rings. The first kappa shape index (κ1) is 6.84. The van der Waals surface area contributed by atoms with Gasteiger partial charge in [0.05, 0.1) is 6.10 Å². The molecule has 0 amide bonds. The predicted molar refractivity (Wildman–Crippen MR) is 35.1 cm³/mol. The summed E-state index contributed by atoms with van der Waals surface area (Å²) in [5.41, 5.74) is 0.466. The summed E-state index contributed by atoms with van der Waals surface area (Å²) in [5.74, 6) is 2.42. The van der Waals surface area contributed by atoms with Crippen molar-refractivity contribution in [2.45, 2.75) is 13.0 Å². The van der Waals surface area contributed by atoms with Crippen molar-refractivity contribution in [2.24, 2.45) is 0 Å². The maximum absolute atomic E-state index is 8.94. The van der Waals surface area contributed by atoms with E-state index >= 15 is 0 Å². The Hall–Kier alpha value is -1.27. The van der Waals surface area contributed by atoms with E-state index in [4.69, 9.17) is 15.9 Å². The van der Waals surface area contributed by atoms with Crippen molar-refractivity contribution in [3.63, 3.8) is 0 Å². The molecule has 0 aliphatic heterocycles. The standard InChI is InChI=1S/C7H7NO2/c1-3-7-8-6(4-10-7)5(2)9/h1,4-5,9H,2H3. The van der Waals surface area contributed by atoms with Crippen molar-refractivity contribution in [2.75, 3.05) is 0 Å². The Morgan fingerprint density at radius 3 is 2.90 bits per heavy atom. The van der Waals surface area contributed by atoms with Crippen molar-refractivity contribution >= 4 is 0 Å². The summed E-state index contributed by atoms with van der Waals surface area (Å²) in [5, 5.41) is 8.94. The number of hydrogen-bond acceptors (Lipinski definition) is 3. The van der Waals surface area contributed by atoms with Crippen LogP contribution in [-0.2, 0) is 0 Å². The molecule has 0 bridgehead atoms. The normalized spacial score (nSPS) is 12.5. The zero-order valence-corrected chi connectivity index (χ0v) is 5.53. The molecule has 0 aromatic carbocycles. The van der Waals surface area contributed by atoms with Crippen molar-refractivity contribution in [1.29, 1.82) is 0 Å². The Labute approximate surface area is 58.7 Å². The minimum atomic E-state index is -0.620. The molecule has 1 heterocycles. The Balaban J connectivity index is 2.91. The molecular formula is C7H7NO2. The summed E-state index contributed by atoms with van der Waals surface area (Å²) in [6.07, 6.45) is 5.70. The highest BCUT2D eigenvalue weighted by molar-refractivity contribution is 5.14. The molecule has 0 saturated heterocycles. The van der Waals surface area contributed by atoms with Crippen LogP contribution in [0.1, 0.15) is 24.6 Å². The second-order valence-electron chi connectivity index (χ2n) is 1.90. The van der Waals surface area contributed by atoms with E-state index < -0.39 is 6.10 Å². The van der Waals surface area contributed by atoms with Gasteiger partial charge in [-0.1, -0.05) is 0 Å². The van der Waals surface area contributed by atoms with Crippen LogP contribution in [0.25, 0.3) is 0 Å². The first-order chi connectivity index (χ1) is 4.74. The lowest BCUT2D eigenvalue weighted by Gasteiger charge is -1.92. The summed E-state index contributed by atoms with van der Waals surface area (Å²) in [7, 11) is 0. The van der Waals surface area contributed by atoms with E-state index in [1.165, 1.54) is 6.26 Å². The van der Waals surface area contributed by atoms with E-state index in [2.05, 4.69) is 10.9 Å². The van der Waals surface area contributed by atoms with Crippen LogP contribution < -0.4 is 0 Å². The van der Waals surface area contributed by atoms with Gasteiger partial charge in [0, 0.05) is 0 Å². The molecule has 0 fully saturated rings. The fourth-order valence-electron chi connectivity index (χ4n) is 0.544. The van der Waals surface area contributed by atoms with E-state index in [9.17, 15) is 0 Å². The molecule has 3 heteroatoms. The van der Waals surface area contributed by atoms with Crippen LogP contribution in [0.3, 0.4) is 0 Å². The maximum atomic E-state index is 8.94. The van der Waals surface area contributed by atoms with Gasteiger partial charge in [0.1, 0.15) is 12.0 Å². The molecule has 3 nitrogen and oxygen atoms in total. The second-order valence-corrected chi connectivity index (χ2v) is 1.90. The van der Waals surface area contributed by atoms with Crippen LogP contribution in [0.2, 0.25) is 0 Å². The molecule has 0 saturated carbocycles. The number of oxazole rings is 1. The van der Waals surface area contributed by atoms with Crippen molar-refractivity contribution in [1.82, 2.24) is 4.98 Å². The Bertz CT molecular complexity index is 257. The number of hydrogen-bond donors (Lipinski definition) is 1. The van der Waals surface area contributed by atoms with Gasteiger partial charge < -0.3 is 9.52 Å². The van der Waals surface area contributed by atoms with Gasteiger partial charge in [-0.05, 0) is 12.8 Å². The monoisotopic (exact) mass is 137 g/mol. The molecule has 1 aromatic heterocycles. The number of terminal acetylenes is 1. The van der Waals surface area contributed by atoms with Crippen molar-refractivity contribution < 1.29 is 9.52 Å². The first-order valence-electron chi connectivity index (χ1n) is 2.84. The lowest BCUT2D eigenvalue weighted by molar-refractivity contribution is 0.194. The predicted octanol–water partition coefficient (Wildman–Crippen LogP) is 0.709. The van der Waals surface area contributed by atoms with Crippen molar-refractivity contribution in [3.05, 3.63) is 17.8 Å². The summed E-state index contributed by atoms with van der Waals surface area (Å²) in [6, 6.07) is 0. The van der Waals surface area contributed by atoms with Crippen LogP contribution in [-0.4, -0.2) is 10.1 Å². The molecule has 0 spiro atoms. The van der Waals surface area contributed by atoms with Crippen LogP contribution in [0.15, 0.2) is 10.7 Å². The highest BCUT2D eigenvalue weighted by Crippen LogP contribution is 2.09. The Kier molecular flexibility index (Phi) is 1.74. The third-order valence-electron chi connectivity index (χ3n) is 1.07. The third-order valence-corrected chi connectivity index (χ3v) is 1.07. The van der Waals surface area contributed by atoms with Crippen LogP contribution in [0.5, 0.6) is 0 Å². The van der Waals surface area contributed by atoms with Gasteiger partial charge in [0.25, 0.3) is 5.89 Å². The van der Waals surface area contributed by atoms with Crippen molar-refractivity contribution in [3.8, 4) is 12.3 Å². The summed E-state index contributed by atoms with van der Waals surface area (Å²) in [6.45, 7) is 1.60. The lowest BCUT2D eigenvalue weighted by Crippen LogP contribution is -1.89. The number of aliphatic hydroxyl groups is 1. The van der Waals surface area contributed by atoms with E-state index in [0.29, 0.717) is 5.69 Å². The number of nitrogens with zero attached hydrogens (tertiary/aromatic N) is 1. The number of rotatable bonds is 1. The molecule has 1 atom stereocenters. The highest BCUT2D eigenvalue weighted by Gasteiger charge is 2.05. The Morgan fingerprint density at radius 1 is 1.90 bits per heavy atom. The first-order valence-corrected chi connectivity index (χ1v) is 2.84. The minimum absolute atomic E-state index is 0.205. The topological polar surface area (TPSA) is 46.3 Å². The van der Waals surface area contributed by atoms with Gasteiger partial charge in [0.15, 0.2) is 0 Å². The molecule has 10 heavy (non-hydrogen) atoms. The molecular weight excluding hydrogens is 130 g/mol. The smallest absolute Gasteiger partial charge is 0.273 e. The molecule has 0 aliphatic rings. The van der Waals surface area contributed by atoms with Crippen LogP contribution >= 0.6 is 0 Å².